The predicted molar refractivity (Wildman–Crippen MR) is 124 cm³/mol. The van der Waals surface area contributed by atoms with Crippen LogP contribution in [0.3, 0.4) is 0 Å². The van der Waals surface area contributed by atoms with Crippen LogP contribution in [0.5, 0.6) is 0 Å². The van der Waals surface area contributed by atoms with Gasteiger partial charge in [0.15, 0.2) is 6.23 Å². The minimum absolute atomic E-state index is 0.0607. The molecule has 2 amide bonds. The highest BCUT2D eigenvalue weighted by Crippen LogP contribution is 2.31. The van der Waals surface area contributed by atoms with E-state index >= 15 is 0 Å². The normalized spacial score (nSPS) is 24.9. The van der Waals surface area contributed by atoms with Crippen LogP contribution in [-0.2, 0) is 4.74 Å². The molecule has 5 atom stereocenters. The fraction of sp³-hybridized carbons (Fsp3) is 0.571. The molecule has 1 saturated heterocycles. The van der Waals surface area contributed by atoms with Crippen molar-refractivity contribution in [2.45, 2.75) is 44.0 Å². The first-order valence-corrected chi connectivity index (χ1v) is 11.7. The van der Waals surface area contributed by atoms with Gasteiger partial charge in [0.2, 0.25) is 0 Å². The van der Waals surface area contributed by atoms with Crippen LogP contribution in [-0.4, -0.2) is 105 Å². The fourth-order valence-corrected chi connectivity index (χ4v) is 4.35. The van der Waals surface area contributed by atoms with Crippen molar-refractivity contribution in [2.75, 3.05) is 39.1 Å². The molecule has 0 saturated carbocycles. The number of thiazole rings is 1. The van der Waals surface area contributed by atoms with E-state index < -0.39 is 49.1 Å². The van der Waals surface area contributed by atoms with E-state index in [0.29, 0.717) is 23.5 Å². The summed E-state index contributed by atoms with van der Waals surface area (Å²) in [5.74, 6) is -0.894. The number of hydrogen-bond acceptors (Lipinski definition) is 10. The summed E-state index contributed by atoms with van der Waals surface area (Å²) in [6, 6.07) is 1.43. The quantitative estimate of drug-likeness (QED) is 0.242. The Balaban J connectivity index is 1.88. The zero-order chi connectivity index (χ0) is 25.0. The average Bonchev–Trinajstić information content (AvgIpc) is 3.41. The van der Waals surface area contributed by atoms with Gasteiger partial charge in [0.05, 0.1) is 23.5 Å². The second kappa shape index (κ2) is 11.4. The molecule has 0 spiro atoms. The Kier molecular flexibility index (Phi) is 8.76. The number of aliphatic hydroxyl groups is 4. The summed E-state index contributed by atoms with van der Waals surface area (Å²) < 4.78 is 6.90. The Morgan fingerprint density at radius 2 is 1.94 bits per heavy atom. The van der Waals surface area contributed by atoms with E-state index in [0.717, 1.165) is 6.54 Å². The molecule has 1 fully saturated rings. The first-order valence-electron chi connectivity index (χ1n) is 10.8. The second-order valence-electron chi connectivity index (χ2n) is 8.37. The third-order valence-corrected chi connectivity index (χ3v) is 6.43. The maximum absolute atomic E-state index is 13.0. The van der Waals surface area contributed by atoms with Gasteiger partial charge < -0.3 is 45.3 Å². The van der Waals surface area contributed by atoms with Gasteiger partial charge in [0, 0.05) is 12.7 Å². The molecule has 0 bridgehead atoms. The minimum Gasteiger partial charge on any atom is -0.394 e. The number of amides is 2. The first kappa shape index (κ1) is 26.2. The number of aromatic nitrogens is 2. The standard InChI is InChI=1S/C21H31N5O7S/c1-11-18(34-10-23-11)20(32)24-12-7-13(19(31)22-5-4-6-25(2)3)26(8-12)21-17(30)16(29)15(28)14(9-27)33-21/h7-8,10,14-17,21,27-30H,4-6,9H2,1-3H3,(H,22,31)(H,24,32)/t14-,15-,16-,17-,21+/m1/s1. The Labute approximate surface area is 200 Å². The summed E-state index contributed by atoms with van der Waals surface area (Å²) in [5.41, 5.74) is 2.43. The van der Waals surface area contributed by atoms with Crippen LogP contribution in [0.2, 0.25) is 0 Å². The number of aryl methyl sites for hydroxylation is 1. The van der Waals surface area contributed by atoms with Gasteiger partial charge in [-0.1, -0.05) is 0 Å². The summed E-state index contributed by atoms with van der Waals surface area (Å²) in [6.45, 7) is 2.25. The van der Waals surface area contributed by atoms with E-state index in [4.69, 9.17) is 4.74 Å². The molecule has 188 valence electrons. The summed E-state index contributed by atoms with van der Waals surface area (Å²) in [7, 11) is 3.84. The van der Waals surface area contributed by atoms with Crippen LogP contribution in [0.4, 0.5) is 5.69 Å². The third-order valence-electron chi connectivity index (χ3n) is 5.50. The molecular formula is C21H31N5O7S. The van der Waals surface area contributed by atoms with Gasteiger partial charge in [-0.15, -0.1) is 11.3 Å². The predicted octanol–water partition coefficient (Wildman–Crippen LogP) is -0.841. The SMILES string of the molecule is Cc1ncsc1C(=O)Nc1cc(C(=O)NCCCN(C)C)n([C@H]2O[C@H](CO)[C@@H](O)[C@@H](O)[C@H]2O)c1. The van der Waals surface area contributed by atoms with E-state index in [1.165, 1.54) is 28.2 Å². The lowest BCUT2D eigenvalue weighted by molar-refractivity contribution is -0.251. The van der Waals surface area contributed by atoms with Crippen LogP contribution >= 0.6 is 11.3 Å². The van der Waals surface area contributed by atoms with Crippen molar-refractivity contribution in [2.24, 2.45) is 0 Å². The molecule has 2 aromatic heterocycles. The van der Waals surface area contributed by atoms with Gasteiger partial charge in [-0.25, -0.2) is 4.98 Å². The van der Waals surface area contributed by atoms with E-state index in [9.17, 15) is 30.0 Å². The van der Waals surface area contributed by atoms with Crippen LogP contribution in [0.25, 0.3) is 0 Å². The van der Waals surface area contributed by atoms with Crippen molar-refractivity contribution < 1.29 is 34.8 Å². The molecule has 1 aliphatic heterocycles. The van der Waals surface area contributed by atoms with Gasteiger partial charge in [-0.05, 0) is 40.1 Å². The van der Waals surface area contributed by atoms with Gasteiger partial charge in [-0.2, -0.15) is 0 Å². The highest BCUT2D eigenvalue weighted by Gasteiger charge is 2.45. The Morgan fingerprint density at radius 3 is 2.56 bits per heavy atom. The third kappa shape index (κ3) is 5.81. The monoisotopic (exact) mass is 497 g/mol. The lowest BCUT2D eigenvalue weighted by atomic mass is 9.98. The number of aliphatic hydroxyl groups excluding tert-OH is 4. The van der Waals surface area contributed by atoms with Crippen molar-refractivity contribution >= 4 is 28.8 Å². The van der Waals surface area contributed by atoms with Crippen LogP contribution in [0.1, 0.15) is 38.5 Å². The molecule has 13 heteroatoms. The zero-order valence-electron chi connectivity index (χ0n) is 19.2. The molecule has 1 aliphatic rings. The highest BCUT2D eigenvalue weighted by molar-refractivity contribution is 7.12. The van der Waals surface area contributed by atoms with Crippen molar-refractivity contribution in [1.82, 2.24) is 19.8 Å². The molecule has 3 rings (SSSR count). The summed E-state index contributed by atoms with van der Waals surface area (Å²) in [4.78, 5) is 32.1. The molecule has 0 aromatic carbocycles. The highest BCUT2D eigenvalue weighted by atomic mass is 32.1. The Bertz CT molecular complexity index is 992. The van der Waals surface area contributed by atoms with E-state index in [1.54, 1.807) is 12.4 Å². The molecule has 6 N–H and O–H groups in total. The van der Waals surface area contributed by atoms with E-state index in [2.05, 4.69) is 15.6 Å². The van der Waals surface area contributed by atoms with Crippen molar-refractivity contribution in [3.05, 3.63) is 34.0 Å². The van der Waals surface area contributed by atoms with Gasteiger partial charge >= 0.3 is 0 Å². The average molecular weight is 498 g/mol. The maximum atomic E-state index is 13.0. The molecule has 3 heterocycles. The van der Waals surface area contributed by atoms with Gasteiger partial charge in [0.1, 0.15) is 35.0 Å². The smallest absolute Gasteiger partial charge is 0.268 e. The summed E-state index contributed by atoms with van der Waals surface area (Å²) >= 11 is 1.18. The lowest BCUT2D eigenvalue weighted by Gasteiger charge is -2.40. The van der Waals surface area contributed by atoms with E-state index in [1.807, 2.05) is 19.0 Å². The Morgan fingerprint density at radius 1 is 1.21 bits per heavy atom. The van der Waals surface area contributed by atoms with Crippen molar-refractivity contribution in [3.63, 3.8) is 0 Å². The largest absolute Gasteiger partial charge is 0.394 e. The molecule has 2 aromatic rings. The minimum atomic E-state index is -1.62. The number of nitrogens with zero attached hydrogens (tertiary/aromatic N) is 3. The number of ether oxygens (including phenoxy) is 1. The molecule has 34 heavy (non-hydrogen) atoms. The topological polar surface area (TPSA) is 169 Å². The number of carbonyl (C=O) groups excluding carboxylic acids is 2. The lowest BCUT2D eigenvalue weighted by Crippen LogP contribution is -2.56. The molecule has 0 radical (unpaired) electrons. The van der Waals surface area contributed by atoms with Crippen molar-refractivity contribution in [3.8, 4) is 0 Å². The van der Waals surface area contributed by atoms with Crippen LogP contribution < -0.4 is 10.6 Å². The van der Waals surface area contributed by atoms with Crippen LogP contribution in [0, 0.1) is 6.92 Å². The van der Waals surface area contributed by atoms with Crippen LogP contribution in [0.15, 0.2) is 17.8 Å². The fourth-order valence-electron chi connectivity index (χ4n) is 3.65. The molecule has 0 aliphatic carbocycles. The second-order valence-corrected chi connectivity index (χ2v) is 9.23. The Hall–Kier alpha value is -2.39. The zero-order valence-corrected chi connectivity index (χ0v) is 20.0. The molecular weight excluding hydrogens is 466 g/mol. The summed E-state index contributed by atoms with van der Waals surface area (Å²) in [6.07, 6.45) is -5.11. The van der Waals surface area contributed by atoms with E-state index in [-0.39, 0.29) is 11.4 Å². The molecule has 12 nitrogen and oxygen atoms in total. The number of anilines is 1. The number of nitrogens with one attached hydrogen (secondary N) is 2. The van der Waals surface area contributed by atoms with Gasteiger partial charge in [0.25, 0.3) is 11.8 Å². The summed E-state index contributed by atoms with van der Waals surface area (Å²) in [5, 5.41) is 45.9. The van der Waals surface area contributed by atoms with Gasteiger partial charge in [-0.3, -0.25) is 9.59 Å². The molecule has 0 unspecified atom stereocenters. The van der Waals surface area contributed by atoms with Crippen molar-refractivity contribution in [1.29, 1.82) is 0 Å². The number of hydrogen-bond donors (Lipinski definition) is 6. The maximum Gasteiger partial charge on any atom is 0.268 e. The number of rotatable bonds is 9. The number of carbonyl (C=O) groups is 2. The first-order chi connectivity index (χ1) is 16.1.